The fourth-order valence-corrected chi connectivity index (χ4v) is 4.52. The average Bonchev–Trinajstić information content (AvgIpc) is 3.21. The Morgan fingerprint density at radius 3 is 2.85 bits per heavy atom. The molecule has 1 amide bonds. The fourth-order valence-electron chi connectivity index (χ4n) is 4.52. The molecule has 2 aromatic rings. The lowest BCUT2D eigenvalue weighted by molar-refractivity contribution is -0.130. The van der Waals surface area contributed by atoms with Crippen LogP contribution in [0.25, 0.3) is 0 Å². The van der Waals surface area contributed by atoms with Crippen molar-refractivity contribution in [2.24, 2.45) is 5.41 Å². The van der Waals surface area contributed by atoms with E-state index in [1.807, 2.05) is 4.90 Å². The number of carbonyl (C=O) groups excluding carboxylic acids is 1. The summed E-state index contributed by atoms with van der Waals surface area (Å²) in [5, 5.41) is 8.52. The summed E-state index contributed by atoms with van der Waals surface area (Å²) in [7, 11) is 0. The second-order valence-electron chi connectivity index (χ2n) is 7.69. The largest absolute Gasteiger partial charge is 0.341 e. The SMILES string of the molecule is CCCn1cnnc1C1CN(C(=O)Cc2ccccc2F)CC12CCC2. The highest BCUT2D eigenvalue weighted by Crippen LogP contribution is 2.55. The molecule has 1 aromatic carbocycles. The molecule has 6 heteroatoms. The molecular weight excluding hydrogens is 331 g/mol. The van der Waals surface area contributed by atoms with Crippen LogP contribution in [0.2, 0.25) is 0 Å². The first-order chi connectivity index (χ1) is 12.6. The molecule has 0 bridgehead atoms. The summed E-state index contributed by atoms with van der Waals surface area (Å²) in [6, 6.07) is 6.53. The van der Waals surface area contributed by atoms with Gasteiger partial charge in [-0.2, -0.15) is 0 Å². The number of hydrogen-bond donors (Lipinski definition) is 0. The smallest absolute Gasteiger partial charge is 0.227 e. The third-order valence-electron chi connectivity index (χ3n) is 6.07. The lowest BCUT2D eigenvalue weighted by Gasteiger charge is -2.42. The molecule has 138 valence electrons. The van der Waals surface area contributed by atoms with Crippen LogP contribution < -0.4 is 0 Å². The standard InChI is InChI=1S/C20H25FN4O/c1-2-10-24-14-22-23-19(24)16-12-25(13-20(16)8-5-9-20)18(26)11-15-6-3-4-7-17(15)21/h3-4,6-7,14,16H,2,5,8-13H2,1H3. The van der Waals surface area contributed by atoms with E-state index in [2.05, 4.69) is 21.7 Å². The van der Waals surface area contributed by atoms with E-state index in [-0.39, 0.29) is 29.5 Å². The minimum Gasteiger partial charge on any atom is -0.341 e. The zero-order valence-corrected chi connectivity index (χ0v) is 15.2. The Morgan fingerprint density at radius 2 is 2.15 bits per heavy atom. The highest BCUT2D eigenvalue weighted by Gasteiger charge is 2.53. The molecule has 1 unspecified atom stereocenters. The number of benzene rings is 1. The molecule has 5 nitrogen and oxygen atoms in total. The number of carbonyl (C=O) groups is 1. The molecule has 1 aromatic heterocycles. The molecule has 0 N–H and O–H groups in total. The van der Waals surface area contributed by atoms with E-state index in [9.17, 15) is 9.18 Å². The van der Waals surface area contributed by atoms with Crippen LogP contribution in [0.5, 0.6) is 0 Å². The molecule has 1 saturated carbocycles. The van der Waals surface area contributed by atoms with Crippen molar-refractivity contribution in [1.82, 2.24) is 19.7 Å². The fraction of sp³-hybridized carbons (Fsp3) is 0.550. The second-order valence-corrected chi connectivity index (χ2v) is 7.69. The van der Waals surface area contributed by atoms with Crippen LogP contribution in [0.4, 0.5) is 4.39 Å². The predicted molar refractivity (Wildman–Crippen MR) is 96.0 cm³/mol. The van der Waals surface area contributed by atoms with Gasteiger partial charge in [0.25, 0.3) is 0 Å². The lowest BCUT2D eigenvalue weighted by Crippen LogP contribution is -2.38. The minimum atomic E-state index is -0.308. The van der Waals surface area contributed by atoms with Crippen LogP contribution in [0.1, 0.15) is 49.9 Å². The Morgan fingerprint density at radius 1 is 1.35 bits per heavy atom. The molecule has 1 aliphatic heterocycles. The van der Waals surface area contributed by atoms with E-state index in [1.165, 1.54) is 12.5 Å². The molecule has 2 fully saturated rings. The highest BCUT2D eigenvalue weighted by atomic mass is 19.1. The molecule has 0 radical (unpaired) electrons. The maximum Gasteiger partial charge on any atom is 0.227 e. The van der Waals surface area contributed by atoms with Gasteiger partial charge >= 0.3 is 0 Å². The predicted octanol–water partition coefficient (Wildman–Crippen LogP) is 3.17. The average molecular weight is 356 g/mol. The number of rotatable bonds is 5. The van der Waals surface area contributed by atoms with Gasteiger partial charge in [-0.1, -0.05) is 31.5 Å². The van der Waals surface area contributed by atoms with Gasteiger partial charge in [0.15, 0.2) is 0 Å². The molecule has 1 spiro atoms. The van der Waals surface area contributed by atoms with Crippen LogP contribution in [-0.2, 0) is 17.8 Å². The van der Waals surface area contributed by atoms with Gasteiger partial charge in [0, 0.05) is 25.6 Å². The van der Waals surface area contributed by atoms with Crippen molar-refractivity contribution in [1.29, 1.82) is 0 Å². The van der Waals surface area contributed by atoms with Crippen LogP contribution in [0, 0.1) is 11.2 Å². The number of likely N-dealkylation sites (tertiary alicyclic amines) is 1. The molecule has 26 heavy (non-hydrogen) atoms. The van der Waals surface area contributed by atoms with Gasteiger partial charge in [-0.15, -0.1) is 10.2 Å². The van der Waals surface area contributed by atoms with Gasteiger partial charge < -0.3 is 9.47 Å². The summed E-state index contributed by atoms with van der Waals surface area (Å²) >= 11 is 0. The van der Waals surface area contributed by atoms with Crippen LogP contribution >= 0.6 is 0 Å². The van der Waals surface area contributed by atoms with E-state index in [1.54, 1.807) is 24.5 Å². The third-order valence-corrected chi connectivity index (χ3v) is 6.07. The number of aryl methyl sites for hydroxylation is 1. The van der Waals surface area contributed by atoms with Gasteiger partial charge in [0.1, 0.15) is 18.0 Å². The van der Waals surface area contributed by atoms with Crippen molar-refractivity contribution in [3.63, 3.8) is 0 Å². The molecule has 4 rings (SSSR count). The summed E-state index contributed by atoms with van der Waals surface area (Å²) in [5.74, 6) is 0.936. The van der Waals surface area contributed by atoms with Crippen molar-refractivity contribution >= 4 is 5.91 Å². The van der Waals surface area contributed by atoms with Gasteiger partial charge in [-0.05, 0) is 36.3 Å². The number of halogens is 1. The maximum atomic E-state index is 13.9. The molecule has 2 heterocycles. The van der Waals surface area contributed by atoms with E-state index in [0.29, 0.717) is 12.1 Å². The van der Waals surface area contributed by atoms with E-state index >= 15 is 0 Å². The summed E-state index contributed by atoms with van der Waals surface area (Å²) in [6.45, 7) is 4.46. The topological polar surface area (TPSA) is 51.0 Å². The van der Waals surface area contributed by atoms with Crippen molar-refractivity contribution in [2.45, 2.75) is 51.5 Å². The van der Waals surface area contributed by atoms with Crippen molar-refractivity contribution < 1.29 is 9.18 Å². The van der Waals surface area contributed by atoms with Gasteiger partial charge in [-0.25, -0.2) is 4.39 Å². The monoisotopic (exact) mass is 356 g/mol. The summed E-state index contributed by atoms with van der Waals surface area (Å²) in [4.78, 5) is 14.8. The van der Waals surface area contributed by atoms with Crippen molar-refractivity contribution in [2.75, 3.05) is 13.1 Å². The van der Waals surface area contributed by atoms with Gasteiger partial charge in [0.05, 0.1) is 6.42 Å². The quantitative estimate of drug-likeness (QED) is 0.827. The zero-order chi connectivity index (χ0) is 18.1. The van der Waals surface area contributed by atoms with Crippen molar-refractivity contribution in [3.8, 4) is 0 Å². The Balaban J connectivity index is 1.54. The Kier molecular flexibility index (Phi) is 4.51. The van der Waals surface area contributed by atoms with E-state index in [4.69, 9.17) is 0 Å². The number of amides is 1. The number of aromatic nitrogens is 3. The summed E-state index contributed by atoms with van der Waals surface area (Å²) < 4.78 is 16.0. The van der Waals surface area contributed by atoms with Crippen molar-refractivity contribution in [3.05, 3.63) is 47.8 Å². The van der Waals surface area contributed by atoms with Crippen LogP contribution in [0.3, 0.4) is 0 Å². The molecule has 1 atom stereocenters. The van der Waals surface area contributed by atoms with E-state index in [0.717, 1.165) is 38.2 Å². The third kappa shape index (κ3) is 2.91. The lowest BCUT2D eigenvalue weighted by atomic mass is 9.62. The zero-order valence-electron chi connectivity index (χ0n) is 15.2. The van der Waals surface area contributed by atoms with Gasteiger partial charge in [-0.3, -0.25) is 4.79 Å². The van der Waals surface area contributed by atoms with E-state index < -0.39 is 0 Å². The summed E-state index contributed by atoms with van der Waals surface area (Å²) in [6.07, 6.45) is 6.40. The molecule has 1 saturated heterocycles. The Bertz CT molecular complexity index is 799. The summed E-state index contributed by atoms with van der Waals surface area (Å²) in [5.41, 5.74) is 0.599. The molecular formula is C20H25FN4O. The first-order valence-electron chi connectivity index (χ1n) is 9.52. The molecule has 1 aliphatic carbocycles. The first-order valence-corrected chi connectivity index (χ1v) is 9.52. The first kappa shape index (κ1) is 17.2. The van der Waals surface area contributed by atoms with Gasteiger partial charge in [0.2, 0.25) is 5.91 Å². The Hall–Kier alpha value is -2.24. The normalized spacial score (nSPS) is 21.2. The number of nitrogens with zero attached hydrogens (tertiary/aromatic N) is 4. The maximum absolute atomic E-state index is 13.9. The van der Waals surface area contributed by atoms with Crippen LogP contribution in [-0.4, -0.2) is 38.7 Å². The highest BCUT2D eigenvalue weighted by molar-refractivity contribution is 5.79. The minimum absolute atomic E-state index is 0.00503. The second kappa shape index (κ2) is 6.82. The van der Waals surface area contributed by atoms with Crippen LogP contribution in [0.15, 0.2) is 30.6 Å². The Labute approximate surface area is 153 Å². The molecule has 2 aliphatic rings. The number of hydrogen-bond acceptors (Lipinski definition) is 3.